The molecule has 1 atom stereocenters. The highest BCUT2D eigenvalue weighted by atomic mass is 19.1. The van der Waals surface area contributed by atoms with Crippen LogP contribution >= 0.6 is 0 Å². The van der Waals surface area contributed by atoms with Gasteiger partial charge in [-0.25, -0.2) is 4.39 Å². The summed E-state index contributed by atoms with van der Waals surface area (Å²) < 4.78 is 13.8. The van der Waals surface area contributed by atoms with E-state index in [4.69, 9.17) is 5.26 Å². The number of halogens is 1. The smallest absolute Gasteiger partial charge is 0.147 e. The normalized spacial score (nSPS) is 20.6. The molecule has 1 unspecified atom stereocenters. The minimum absolute atomic E-state index is 0.319. The molecule has 1 aromatic rings. The summed E-state index contributed by atoms with van der Waals surface area (Å²) in [5.41, 5.74) is 0.870. The van der Waals surface area contributed by atoms with E-state index < -0.39 is 0 Å². The molecule has 0 saturated carbocycles. The fourth-order valence-electron chi connectivity index (χ4n) is 2.54. The predicted molar refractivity (Wildman–Crippen MR) is 74.5 cm³/mol. The van der Waals surface area contributed by atoms with Crippen LogP contribution in [0.4, 0.5) is 10.1 Å². The van der Waals surface area contributed by atoms with Crippen molar-refractivity contribution in [2.75, 3.05) is 25.0 Å². The van der Waals surface area contributed by atoms with Crippen LogP contribution < -0.4 is 5.32 Å². The van der Waals surface area contributed by atoms with Crippen LogP contribution in [-0.4, -0.2) is 30.6 Å². The average molecular weight is 261 g/mol. The van der Waals surface area contributed by atoms with Gasteiger partial charge in [-0.05, 0) is 50.6 Å². The van der Waals surface area contributed by atoms with E-state index in [1.54, 1.807) is 12.1 Å². The number of nitrogens with one attached hydrogen (secondary N) is 1. The Morgan fingerprint density at radius 2 is 2.26 bits per heavy atom. The molecule has 19 heavy (non-hydrogen) atoms. The van der Waals surface area contributed by atoms with Crippen LogP contribution in [0.5, 0.6) is 0 Å². The third-order valence-corrected chi connectivity index (χ3v) is 3.73. The molecule has 0 amide bonds. The molecule has 3 nitrogen and oxygen atoms in total. The number of rotatable bonds is 3. The zero-order valence-corrected chi connectivity index (χ0v) is 11.3. The highest BCUT2D eigenvalue weighted by Gasteiger charge is 2.17. The zero-order chi connectivity index (χ0) is 13.7. The van der Waals surface area contributed by atoms with Gasteiger partial charge >= 0.3 is 0 Å². The van der Waals surface area contributed by atoms with Gasteiger partial charge in [0.15, 0.2) is 0 Å². The van der Waals surface area contributed by atoms with Crippen LogP contribution in [0.15, 0.2) is 18.2 Å². The molecule has 0 aliphatic carbocycles. The van der Waals surface area contributed by atoms with E-state index >= 15 is 0 Å². The lowest BCUT2D eigenvalue weighted by Crippen LogP contribution is -2.26. The fraction of sp³-hybridized carbons (Fsp3) is 0.533. The molecule has 1 heterocycles. The number of benzene rings is 1. The van der Waals surface area contributed by atoms with Crippen molar-refractivity contribution in [3.05, 3.63) is 29.6 Å². The van der Waals surface area contributed by atoms with E-state index in [9.17, 15) is 4.39 Å². The summed E-state index contributed by atoms with van der Waals surface area (Å²) in [7, 11) is 0. The van der Waals surface area contributed by atoms with Crippen molar-refractivity contribution in [1.29, 1.82) is 5.26 Å². The summed E-state index contributed by atoms with van der Waals surface area (Å²) in [6.07, 6.45) is 3.24. The van der Waals surface area contributed by atoms with Crippen molar-refractivity contribution in [2.24, 2.45) is 0 Å². The Bertz CT molecular complexity index is 467. The molecule has 0 spiro atoms. The largest absolute Gasteiger partial charge is 0.380 e. The Kier molecular flexibility index (Phi) is 4.75. The lowest BCUT2D eigenvalue weighted by atomic mass is 10.1. The Morgan fingerprint density at radius 3 is 2.95 bits per heavy atom. The second kappa shape index (κ2) is 6.53. The molecule has 1 aliphatic heterocycles. The highest BCUT2D eigenvalue weighted by molar-refractivity contribution is 5.49. The molecule has 1 fully saturated rings. The van der Waals surface area contributed by atoms with Crippen LogP contribution in [0.25, 0.3) is 0 Å². The van der Waals surface area contributed by atoms with Crippen molar-refractivity contribution < 1.29 is 4.39 Å². The van der Waals surface area contributed by atoms with E-state index in [-0.39, 0.29) is 5.82 Å². The predicted octanol–water partition coefficient (Wildman–Crippen LogP) is 2.98. The Hall–Kier alpha value is -1.60. The molecule has 0 aromatic heterocycles. The number of anilines is 1. The molecule has 102 valence electrons. The first-order valence-electron chi connectivity index (χ1n) is 6.91. The molecule has 4 heteroatoms. The minimum atomic E-state index is -0.337. The van der Waals surface area contributed by atoms with Gasteiger partial charge in [0.2, 0.25) is 0 Å². The van der Waals surface area contributed by atoms with E-state index in [0.717, 1.165) is 38.9 Å². The van der Waals surface area contributed by atoms with E-state index in [2.05, 4.69) is 17.1 Å². The van der Waals surface area contributed by atoms with Gasteiger partial charge in [0, 0.05) is 12.6 Å². The third-order valence-electron chi connectivity index (χ3n) is 3.73. The summed E-state index contributed by atoms with van der Waals surface area (Å²) in [4.78, 5) is 2.43. The molecule has 2 rings (SSSR count). The van der Waals surface area contributed by atoms with E-state index in [0.29, 0.717) is 17.3 Å². The van der Waals surface area contributed by atoms with Crippen LogP contribution in [0.2, 0.25) is 0 Å². The molecule has 1 aromatic carbocycles. The summed E-state index contributed by atoms with van der Waals surface area (Å²) >= 11 is 0. The maximum absolute atomic E-state index is 13.8. The van der Waals surface area contributed by atoms with Gasteiger partial charge < -0.3 is 10.2 Å². The molecular weight excluding hydrogens is 241 g/mol. The number of hydrogen-bond acceptors (Lipinski definition) is 3. The van der Waals surface area contributed by atoms with Crippen LogP contribution in [0.1, 0.15) is 31.7 Å². The lowest BCUT2D eigenvalue weighted by molar-refractivity contribution is 0.300. The Balaban J connectivity index is 1.99. The molecule has 0 bridgehead atoms. The topological polar surface area (TPSA) is 39.1 Å². The average Bonchev–Trinajstić information content (AvgIpc) is 2.66. The molecular formula is C15H20FN3. The number of nitriles is 1. The first kappa shape index (κ1) is 13.8. The van der Waals surface area contributed by atoms with Crippen LogP contribution in [-0.2, 0) is 0 Å². The van der Waals surface area contributed by atoms with Gasteiger partial charge in [-0.1, -0.05) is 6.92 Å². The van der Waals surface area contributed by atoms with Gasteiger partial charge in [0.05, 0.1) is 17.3 Å². The van der Waals surface area contributed by atoms with Crippen molar-refractivity contribution in [2.45, 2.75) is 32.2 Å². The van der Waals surface area contributed by atoms with Crippen molar-refractivity contribution in [3.63, 3.8) is 0 Å². The monoisotopic (exact) mass is 261 g/mol. The first-order chi connectivity index (χ1) is 9.22. The maximum Gasteiger partial charge on any atom is 0.147 e. The minimum Gasteiger partial charge on any atom is -0.380 e. The lowest BCUT2D eigenvalue weighted by Gasteiger charge is -2.19. The van der Waals surface area contributed by atoms with Crippen molar-refractivity contribution in [3.8, 4) is 6.07 Å². The molecule has 1 saturated heterocycles. The van der Waals surface area contributed by atoms with Gasteiger partial charge in [0.25, 0.3) is 0 Å². The number of hydrogen-bond donors (Lipinski definition) is 1. The van der Waals surface area contributed by atoms with Gasteiger partial charge in [-0.2, -0.15) is 5.26 Å². The first-order valence-corrected chi connectivity index (χ1v) is 6.91. The maximum atomic E-state index is 13.8. The fourth-order valence-corrected chi connectivity index (χ4v) is 2.54. The second-order valence-corrected chi connectivity index (χ2v) is 5.01. The molecule has 1 aliphatic rings. The second-order valence-electron chi connectivity index (χ2n) is 5.01. The van der Waals surface area contributed by atoms with E-state index in [1.165, 1.54) is 6.07 Å². The van der Waals surface area contributed by atoms with Crippen LogP contribution in [0.3, 0.4) is 0 Å². The van der Waals surface area contributed by atoms with Crippen LogP contribution in [0, 0.1) is 17.1 Å². The van der Waals surface area contributed by atoms with Gasteiger partial charge in [0.1, 0.15) is 5.82 Å². The van der Waals surface area contributed by atoms with E-state index in [1.807, 2.05) is 6.07 Å². The summed E-state index contributed by atoms with van der Waals surface area (Å²) in [6.45, 7) is 5.45. The van der Waals surface area contributed by atoms with Crippen molar-refractivity contribution in [1.82, 2.24) is 4.90 Å². The Morgan fingerprint density at radius 1 is 1.42 bits per heavy atom. The highest BCUT2D eigenvalue weighted by Crippen LogP contribution is 2.20. The zero-order valence-electron chi connectivity index (χ0n) is 11.3. The summed E-state index contributed by atoms with van der Waals surface area (Å²) in [5.74, 6) is -0.337. The van der Waals surface area contributed by atoms with Crippen molar-refractivity contribution >= 4 is 5.69 Å². The Labute approximate surface area is 114 Å². The number of nitrogens with zero attached hydrogens (tertiary/aromatic N) is 2. The molecule has 1 N–H and O–H groups in total. The molecule has 0 radical (unpaired) electrons. The SMILES string of the molecule is CCN1CCCC(Nc2ccc(C#N)cc2F)CC1. The van der Waals surface area contributed by atoms with Gasteiger partial charge in [-0.15, -0.1) is 0 Å². The number of likely N-dealkylation sites (tertiary alicyclic amines) is 1. The van der Waals surface area contributed by atoms with Gasteiger partial charge in [-0.3, -0.25) is 0 Å². The summed E-state index contributed by atoms with van der Waals surface area (Å²) in [5, 5.41) is 12.0. The standard InChI is InChI=1S/C15H20FN3/c1-2-19-8-3-4-13(7-9-19)18-15-6-5-12(11-17)10-14(15)16/h5-6,10,13,18H,2-4,7-9H2,1H3. The quantitative estimate of drug-likeness (QED) is 0.909. The third kappa shape index (κ3) is 3.68. The summed E-state index contributed by atoms with van der Waals surface area (Å²) in [6, 6.07) is 6.87.